The molecule has 0 spiro atoms. The summed E-state index contributed by atoms with van der Waals surface area (Å²) in [5.41, 5.74) is 2.48. The number of ketones is 1. The van der Waals surface area contributed by atoms with E-state index in [9.17, 15) is 13.6 Å². The van der Waals surface area contributed by atoms with E-state index in [-0.39, 0.29) is 36.4 Å². The van der Waals surface area contributed by atoms with E-state index in [4.69, 9.17) is 4.74 Å². The summed E-state index contributed by atoms with van der Waals surface area (Å²) in [6.07, 6.45) is -0.0610. The number of nitrogens with zero attached hydrogens (tertiary/aromatic N) is 1. The van der Waals surface area contributed by atoms with Crippen LogP contribution in [0.1, 0.15) is 13.3 Å². The highest BCUT2D eigenvalue weighted by atomic mass is 19.1. The molecule has 1 saturated carbocycles. The van der Waals surface area contributed by atoms with Crippen molar-refractivity contribution in [1.82, 2.24) is 10.4 Å². The molecule has 1 heterocycles. The van der Waals surface area contributed by atoms with Gasteiger partial charge in [-0.05, 0) is 6.42 Å². The van der Waals surface area contributed by atoms with Gasteiger partial charge in [-0.15, -0.1) is 4.99 Å². The van der Waals surface area contributed by atoms with Gasteiger partial charge in [0.2, 0.25) is 0 Å². The average molecular weight is 320 g/mol. The monoisotopic (exact) mass is 320 g/mol. The molecule has 0 saturated heterocycles. The number of Topliss-reactive ketones (excluding diaryl/α,β-unsaturated/α-hetero) is 1. The van der Waals surface area contributed by atoms with Crippen molar-refractivity contribution in [3.8, 4) is 0 Å². The first-order chi connectivity index (χ1) is 10.5. The van der Waals surface area contributed by atoms with Crippen molar-refractivity contribution in [2.45, 2.75) is 31.7 Å². The molecule has 0 amide bonds. The number of carbonyl (C=O) groups is 1. The minimum Gasteiger partial charge on any atom is -0.379 e. The zero-order valence-corrected chi connectivity index (χ0v) is 12.9. The van der Waals surface area contributed by atoms with E-state index in [1.807, 2.05) is 0 Å². The highest BCUT2D eigenvalue weighted by Crippen LogP contribution is 2.39. The van der Waals surface area contributed by atoms with Crippen molar-refractivity contribution >= 4 is 5.78 Å². The molecule has 8 heteroatoms. The normalized spacial score (nSPS) is 35.1. The molecular weight excluding hydrogens is 298 g/mol. The fraction of sp³-hybridized carbons (Fsp3) is 0.786. The first kappa shape index (κ1) is 17.1. The Balaban J connectivity index is 2.32. The van der Waals surface area contributed by atoms with E-state index in [2.05, 4.69) is 15.4 Å². The largest absolute Gasteiger partial charge is 0.379 e. The lowest BCUT2D eigenvalue weighted by Gasteiger charge is -2.49. The quantitative estimate of drug-likeness (QED) is 0.585. The Morgan fingerprint density at radius 2 is 2.18 bits per heavy atom. The van der Waals surface area contributed by atoms with Gasteiger partial charge in [-0.3, -0.25) is 4.79 Å². The van der Waals surface area contributed by atoms with Crippen molar-refractivity contribution in [2.24, 2.45) is 11.8 Å². The van der Waals surface area contributed by atoms with Crippen LogP contribution in [0.15, 0.2) is 11.9 Å². The van der Waals surface area contributed by atoms with Gasteiger partial charge in [0.1, 0.15) is 18.5 Å². The summed E-state index contributed by atoms with van der Waals surface area (Å²) < 4.78 is 32.5. The summed E-state index contributed by atoms with van der Waals surface area (Å²) in [5.74, 6) is -1.26. The number of ether oxygens (including phenoxy) is 1. The van der Waals surface area contributed by atoms with Crippen LogP contribution in [0.25, 0.3) is 0 Å². The van der Waals surface area contributed by atoms with Crippen LogP contribution in [0, 0.1) is 11.8 Å². The molecule has 5 unspecified atom stereocenters. The van der Waals surface area contributed by atoms with Gasteiger partial charge < -0.3 is 9.64 Å². The molecule has 0 bridgehead atoms. The zero-order valence-electron chi connectivity index (χ0n) is 12.9. The standard InChI is InChI=1S/C14H22F2N2O4/c1-8-10(16)6-9-12(14(8)20-2)18(5-4-15)7-11(13(9)19)17-22-21-3/h7-10,12,14,17H,4-6H2,1-3H3. The summed E-state index contributed by atoms with van der Waals surface area (Å²) in [6.45, 7) is 1.25. The third-order valence-corrected chi connectivity index (χ3v) is 4.45. The molecule has 1 fully saturated rings. The van der Waals surface area contributed by atoms with Gasteiger partial charge in [-0.2, -0.15) is 0 Å². The zero-order chi connectivity index (χ0) is 16.3. The fourth-order valence-electron chi connectivity index (χ4n) is 3.37. The van der Waals surface area contributed by atoms with E-state index in [1.54, 1.807) is 11.8 Å². The van der Waals surface area contributed by atoms with Crippen LogP contribution >= 0.6 is 0 Å². The van der Waals surface area contributed by atoms with E-state index < -0.39 is 24.9 Å². The van der Waals surface area contributed by atoms with Gasteiger partial charge in [0, 0.05) is 31.7 Å². The lowest BCUT2D eigenvalue weighted by atomic mass is 9.71. The molecule has 0 aromatic heterocycles. The molecule has 0 aromatic carbocycles. The van der Waals surface area contributed by atoms with Gasteiger partial charge in [0.25, 0.3) is 0 Å². The minimum absolute atomic E-state index is 0.0827. The third kappa shape index (κ3) is 3.09. The Hall–Kier alpha value is -1.25. The molecule has 2 aliphatic rings. The summed E-state index contributed by atoms with van der Waals surface area (Å²) >= 11 is 0. The molecule has 1 N–H and O–H groups in total. The number of allylic oxidation sites excluding steroid dienone is 1. The van der Waals surface area contributed by atoms with Crippen LogP contribution < -0.4 is 5.48 Å². The second-order valence-electron chi connectivity index (χ2n) is 5.59. The molecule has 1 aliphatic carbocycles. The Labute approximate surface area is 128 Å². The number of carbonyl (C=O) groups excluding carboxylic acids is 1. The predicted octanol–water partition coefficient (Wildman–Crippen LogP) is 1.14. The number of halogens is 2. The molecule has 0 aromatic rings. The molecule has 22 heavy (non-hydrogen) atoms. The number of nitrogens with one attached hydrogen (secondary N) is 1. The van der Waals surface area contributed by atoms with E-state index in [1.165, 1.54) is 20.4 Å². The van der Waals surface area contributed by atoms with Crippen molar-refractivity contribution in [1.29, 1.82) is 0 Å². The number of fused-ring (bicyclic) bond motifs is 1. The van der Waals surface area contributed by atoms with Crippen LogP contribution in [0.3, 0.4) is 0 Å². The molecule has 5 atom stereocenters. The maximum absolute atomic E-state index is 14.2. The Morgan fingerprint density at radius 1 is 1.45 bits per heavy atom. The predicted molar refractivity (Wildman–Crippen MR) is 73.8 cm³/mol. The molecule has 0 radical (unpaired) electrons. The van der Waals surface area contributed by atoms with Crippen LogP contribution in [-0.2, 0) is 19.4 Å². The second kappa shape index (κ2) is 7.34. The summed E-state index contributed by atoms with van der Waals surface area (Å²) in [5, 5.41) is 0. The van der Waals surface area contributed by atoms with Crippen LogP contribution in [-0.4, -0.2) is 56.4 Å². The first-order valence-corrected chi connectivity index (χ1v) is 7.25. The number of hydrogen-bond acceptors (Lipinski definition) is 6. The topological polar surface area (TPSA) is 60.0 Å². The number of hydrogen-bond donors (Lipinski definition) is 1. The number of hydroxylamine groups is 1. The lowest BCUT2D eigenvalue weighted by molar-refractivity contribution is -0.309. The van der Waals surface area contributed by atoms with Gasteiger partial charge >= 0.3 is 0 Å². The minimum atomic E-state index is -1.15. The van der Waals surface area contributed by atoms with E-state index >= 15 is 0 Å². The van der Waals surface area contributed by atoms with E-state index in [0.717, 1.165) is 0 Å². The highest BCUT2D eigenvalue weighted by molar-refractivity contribution is 5.97. The van der Waals surface area contributed by atoms with Gasteiger partial charge in [-0.25, -0.2) is 19.1 Å². The van der Waals surface area contributed by atoms with Crippen molar-refractivity contribution in [3.63, 3.8) is 0 Å². The fourth-order valence-corrected chi connectivity index (χ4v) is 3.37. The molecule has 6 nitrogen and oxygen atoms in total. The summed E-state index contributed by atoms with van der Waals surface area (Å²) in [6, 6.07) is -0.386. The second-order valence-corrected chi connectivity index (χ2v) is 5.59. The van der Waals surface area contributed by atoms with E-state index in [0.29, 0.717) is 0 Å². The maximum Gasteiger partial charge on any atom is 0.187 e. The van der Waals surface area contributed by atoms with Gasteiger partial charge in [0.15, 0.2) is 5.78 Å². The van der Waals surface area contributed by atoms with Crippen LogP contribution in [0.5, 0.6) is 0 Å². The summed E-state index contributed by atoms with van der Waals surface area (Å²) in [7, 11) is 2.77. The van der Waals surface area contributed by atoms with Crippen LogP contribution in [0.2, 0.25) is 0 Å². The number of alkyl halides is 2. The van der Waals surface area contributed by atoms with Gasteiger partial charge in [-0.1, -0.05) is 6.92 Å². The Morgan fingerprint density at radius 3 is 2.77 bits per heavy atom. The Kier molecular flexibility index (Phi) is 5.71. The molecule has 2 rings (SSSR count). The third-order valence-electron chi connectivity index (χ3n) is 4.45. The average Bonchev–Trinajstić information content (AvgIpc) is 2.51. The highest BCUT2D eigenvalue weighted by Gasteiger charge is 2.50. The van der Waals surface area contributed by atoms with Crippen molar-refractivity contribution in [2.75, 3.05) is 27.4 Å². The summed E-state index contributed by atoms with van der Waals surface area (Å²) in [4.78, 5) is 23.2. The lowest BCUT2D eigenvalue weighted by Crippen LogP contribution is -2.60. The maximum atomic E-state index is 14.2. The number of rotatable bonds is 6. The SMILES string of the molecule is COONC1=CN(CCF)C2C(CC(F)C(C)C2OC)C1=O. The smallest absolute Gasteiger partial charge is 0.187 e. The Bertz CT molecular complexity index is 435. The van der Waals surface area contributed by atoms with Crippen LogP contribution in [0.4, 0.5) is 8.78 Å². The number of methoxy groups -OCH3 is 1. The van der Waals surface area contributed by atoms with Crippen molar-refractivity contribution < 1.29 is 28.2 Å². The van der Waals surface area contributed by atoms with Crippen molar-refractivity contribution in [3.05, 3.63) is 11.9 Å². The molecule has 1 aliphatic heterocycles. The molecular formula is C14H22F2N2O4. The van der Waals surface area contributed by atoms with Gasteiger partial charge in [0.05, 0.1) is 19.3 Å². The first-order valence-electron chi connectivity index (χ1n) is 7.25. The molecule has 126 valence electrons.